The topological polar surface area (TPSA) is 49.8 Å². The Bertz CT molecular complexity index is 552. The molecule has 4 nitrogen and oxygen atoms in total. The first-order valence-electron chi connectivity index (χ1n) is 6.17. The van der Waals surface area contributed by atoms with Crippen LogP contribution in [0, 0.1) is 0 Å². The van der Waals surface area contributed by atoms with Gasteiger partial charge in [0.25, 0.3) is 0 Å². The number of hydrogen-bond acceptors (Lipinski definition) is 4. The number of nitrogens with zero attached hydrogens (tertiary/aromatic N) is 2. The molecule has 2 rings (SSSR count). The fraction of sp³-hybridized carbons (Fsp3) is 0.286. The molecule has 2 aromatic rings. The fourth-order valence-corrected chi connectivity index (χ4v) is 1.95. The molecular weight excluding hydrogens is 304 g/mol. The highest BCUT2D eigenvalue weighted by atomic mass is 79.9. The Hall–Kier alpha value is -1.62. The van der Waals surface area contributed by atoms with Crippen molar-refractivity contribution < 1.29 is 0 Å². The second-order valence-corrected chi connectivity index (χ2v) is 5.40. The van der Waals surface area contributed by atoms with Crippen LogP contribution in [0.4, 0.5) is 17.5 Å². The number of nitrogens with one attached hydrogen (secondary N) is 2. The van der Waals surface area contributed by atoms with E-state index in [1.165, 1.54) is 5.56 Å². The number of rotatable bonds is 4. The molecular formula is C14H17BrN4. The molecule has 19 heavy (non-hydrogen) atoms. The van der Waals surface area contributed by atoms with E-state index < -0.39 is 0 Å². The van der Waals surface area contributed by atoms with Gasteiger partial charge in [-0.1, -0.05) is 26.0 Å². The van der Waals surface area contributed by atoms with Crippen molar-refractivity contribution in [2.24, 2.45) is 0 Å². The third-order valence-electron chi connectivity index (χ3n) is 2.81. The molecule has 1 aromatic heterocycles. The van der Waals surface area contributed by atoms with Crippen LogP contribution >= 0.6 is 15.9 Å². The zero-order valence-electron chi connectivity index (χ0n) is 11.2. The summed E-state index contributed by atoms with van der Waals surface area (Å²) in [5.74, 6) is 1.87. The molecule has 5 heteroatoms. The Kier molecular flexibility index (Phi) is 4.37. The van der Waals surface area contributed by atoms with Crippen molar-refractivity contribution in [1.82, 2.24) is 9.97 Å². The molecule has 2 N–H and O–H groups in total. The van der Waals surface area contributed by atoms with Crippen LogP contribution in [-0.4, -0.2) is 17.0 Å². The van der Waals surface area contributed by atoms with Crippen LogP contribution in [-0.2, 0) is 0 Å². The van der Waals surface area contributed by atoms with Crippen LogP contribution in [0.15, 0.2) is 34.9 Å². The van der Waals surface area contributed by atoms with Gasteiger partial charge in [-0.2, -0.15) is 4.98 Å². The predicted octanol–water partition coefficient (Wildman–Crippen LogP) is 4.15. The molecule has 0 fully saturated rings. The van der Waals surface area contributed by atoms with Crippen LogP contribution in [0.25, 0.3) is 0 Å². The monoisotopic (exact) mass is 320 g/mol. The van der Waals surface area contributed by atoms with Crippen molar-refractivity contribution in [3.8, 4) is 0 Å². The molecule has 0 spiro atoms. The lowest BCUT2D eigenvalue weighted by Gasteiger charge is -2.10. The highest BCUT2D eigenvalue weighted by Gasteiger charge is 2.05. The summed E-state index contributed by atoms with van der Waals surface area (Å²) in [5.41, 5.74) is 2.33. The molecule has 0 radical (unpaired) electrons. The van der Waals surface area contributed by atoms with Crippen molar-refractivity contribution in [2.75, 3.05) is 17.7 Å². The van der Waals surface area contributed by atoms with Gasteiger partial charge < -0.3 is 10.6 Å². The van der Waals surface area contributed by atoms with E-state index in [2.05, 4.69) is 74.6 Å². The average Bonchev–Trinajstić information content (AvgIpc) is 2.42. The lowest BCUT2D eigenvalue weighted by Crippen LogP contribution is -2.01. The standard InChI is InChI=1S/C14H17BrN4/c1-9(2)10-4-6-11(7-5-10)18-13-12(15)8-17-14(16-3)19-13/h4-9H,1-3H3,(H2,16,17,18,19). The average molecular weight is 321 g/mol. The maximum Gasteiger partial charge on any atom is 0.224 e. The van der Waals surface area contributed by atoms with E-state index in [1.807, 2.05) is 0 Å². The van der Waals surface area contributed by atoms with Gasteiger partial charge in [0.05, 0.1) is 4.47 Å². The summed E-state index contributed by atoms with van der Waals surface area (Å²) >= 11 is 3.44. The van der Waals surface area contributed by atoms with E-state index in [9.17, 15) is 0 Å². The molecule has 0 saturated heterocycles. The minimum absolute atomic E-state index is 0.538. The molecule has 0 atom stereocenters. The van der Waals surface area contributed by atoms with Crippen molar-refractivity contribution in [1.29, 1.82) is 0 Å². The first-order chi connectivity index (χ1) is 9.10. The molecule has 0 amide bonds. The molecule has 0 aliphatic carbocycles. The predicted molar refractivity (Wildman–Crippen MR) is 83.1 cm³/mol. The van der Waals surface area contributed by atoms with E-state index in [0.29, 0.717) is 11.9 Å². The Morgan fingerprint density at radius 1 is 1.16 bits per heavy atom. The minimum Gasteiger partial charge on any atom is -0.357 e. The summed E-state index contributed by atoms with van der Waals surface area (Å²) in [4.78, 5) is 8.49. The molecule has 0 unspecified atom stereocenters. The van der Waals surface area contributed by atoms with E-state index in [4.69, 9.17) is 0 Å². The largest absolute Gasteiger partial charge is 0.357 e. The second kappa shape index (κ2) is 6.02. The van der Waals surface area contributed by atoms with E-state index >= 15 is 0 Å². The van der Waals surface area contributed by atoms with Gasteiger partial charge >= 0.3 is 0 Å². The molecule has 0 aliphatic rings. The van der Waals surface area contributed by atoms with Gasteiger partial charge in [0.15, 0.2) is 0 Å². The van der Waals surface area contributed by atoms with Gasteiger partial charge in [0, 0.05) is 18.9 Å². The highest BCUT2D eigenvalue weighted by Crippen LogP contribution is 2.25. The van der Waals surface area contributed by atoms with Crippen LogP contribution in [0.2, 0.25) is 0 Å². The van der Waals surface area contributed by atoms with Crippen LogP contribution < -0.4 is 10.6 Å². The second-order valence-electron chi connectivity index (χ2n) is 4.54. The lowest BCUT2D eigenvalue weighted by atomic mass is 10.0. The quantitative estimate of drug-likeness (QED) is 0.888. The van der Waals surface area contributed by atoms with Gasteiger partial charge in [0.2, 0.25) is 5.95 Å². The van der Waals surface area contributed by atoms with Gasteiger partial charge in [-0.3, -0.25) is 0 Å². The SMILES string of the molecule is CNc1ncc(Br)c(Nc2ccc(C(C)C)cc2)n1. The molecule has 100 valence electrons. The van der Waals surface area contributed by atoms with Crippen molar-refractivity contribution >= 4 is 33.4 Å². The molecule has 1 heterocycles. The molecule has 0 aliphatic heterocycles. The Morgan fingerprint density at radius 2 is 1.84 bits per heavy atom. The van der Waals surface area contributed by atoms with Gasteiger partial charge in [-0.15, -0.1) is 0 Å². The normalized spacial score (nSPS) is 10.6. The van der Waals surface area contributed by atoms with Crippen molar-refractivity contribution in [2.45, 2.75) is 19.8 Å². The van der Waals surface area contributed by atoms with E-state index in [0.717, 1.165) is 16.0 Å². The number of aromatic nitrogens is 2. The molecule has 0 saturated carbocycles. The summed E-state index contributed by atoms with van der Waals surface area (Å²) in [6, 6.07) is 8.37. The van der Waals surface area contributed by atoms with Crippen molar-refractivity contribution in [3.63, 3.8) is 0 Å². The Labute approximate surface area is 121 Å². The number of hydrogen-bond donors (Lipinski definition) is 2. The minimum atomic E-state index is 0.538. The third-order valence-corrected chi connectivity index (χ3v) is 3.39. The summed E-state index contributed by atoms with van der Waals surface area (Å²) in [7, 11) is 1.80. The number of halogens is 1. The van der Waals surface area contributed by atoms with Crippen LogP contribution in [0.1, 0.15) is 25.3 Å². The van der Waals surface area contributed by atoms with Crippen molar-refractivity contribution in [3.05, 3.63) is 40.5 Å². The van der Waals surface area contributed by atoms with Gasteiger partial charge in [0.1, 0.15) is 5.82 Å². The maximum absolute atomic E-state index is 4.36. The molecule has 0 bridgehead atoms. The highest BCUT2D eigenvalue weighted by molar-refractivity contribution is 9.10. The Morgan fingerprint density at radius 3 is 2.42 bits per heavy atom. The summed E-state index contributed by atoms with van der Waals surface area (Å²) < 4.78 is 0.833. The summed E-state index contributed by atoms with van der Waals surface area (Å²) in [6.45, 7) is 4.37. The zero-order valence-corrected chi connectivity index (χ0v) is 12.8. The lowest BCUT2D eigenvalue weighted by molar-refractivity contribution is 0.867. The zero-order chi connectivity index (χ0) is 13.8. The number of benzene rings is 1. The number of anilines is 3. The van der Waals surface area contributed by atoms with E-state index in [1.54, 1.807) is 13.2 Å². The van der Waals surface area contributed by atoms with E-state index in [-0.39, 0.29) is 0 Å². The summed E-state index contributed by atoms with van der Waals surface area (Å²) in [5, 5.41) is 6.20. The first kappa shape index (κ1) is 13.8. The van der Waals surface area contributed by atoms with Crippen LogP contribution in [0.5, 0.6) is 0 Å². The smallest absolute Gasteiger partial charge is 0.224 e. The maximum atomic E-state index is 4.36. The van der Waals surface area contributed by atoms with Crippen LogP contribution in [0.3, 0.4) is 0 Å². The fourth-order valence-electron chi connectivity index (χ4n) is 1.66. The van der Waals surface area contributed by atoms with Gasteiger partial charge in [-0.25, -0.2) is 4.98 Å². The first-order valence-corrected chi connectivity index (χ1v) is 6.96. The van der Waals surface area contributed by atoms with Gasteiger partial charge in [-0.05, 0) is 39.5 Å². The third kappa shape index (κ3) is 3.44. The Balaban J connectivity index is 2.20. The summed E-state index contributed by atoms with van der Waals surface area (Å²) in [6.07, 6.45) is 1.73. The molecule has 1 aromatic carbocycles.